The Morgan fingerprint density at radius 3 is 2.41 bits per heavy atom. The summed E-state index contributed by atoms with van der Waals surface area (Å²) >= 11 is 0. The van der Waals surface area contributed by atoms with Gasteiger partial charge in [0, 0.05) is 22.8 Å². The van der Waals surface area contributed by atoms with Gasteiger partial charge in [-0.25, -0.2) is 0 Å². The maximum absolute atomic E-state index is 12.4. The van der Waals surface area contributed by atoms with Crippen molar-refractivity contribution in [2.45, 2.75) is 13.8 Å². The Bertz CT molecular complexity index is 1040. The molecule has 0 radical (unpaired) electrons. The topological polar surface area (TPSA) is 78.1 Å². The molecule has 5 nitrogen and oxygen atoms in total. The second-order valence-electron chi connectivity index (χ2n) is 6.17. The summed E-state index contributed by atoms with van der Waals surface area (Å²) in [5, 5.41) is 21.4. The molecule has 1 heterocycles. The highest BCUT2D eigenvalue weighted by atomic mass is 16.3. The summed E-state index contributed by atoms with van der Waals surface area (Å²) in [6.45, 7) is 3.94. The first kappa shape index (κ1) is 18.0. The first-order valence-electron chi connectivity index (χ1n) is 8.46. The van der Waals surface area contributed by atoms with Gasteiger partial charge < -0.3 is 15.0 Å². The van der Waals surface area contributed by atoms with Crippen LogP contribution in [0.1, 0.15) is 17.0 Å². The van der Waals surface area contributed by atoms with Crippen molar-refractivity contribution in [2.24, 2.45) is 0 Å². The molecule has 0 aliphatic rings. The van der Waals surface area contributed by atoms with E-state index in [1.807, 2.05) is 56.3 Å². The Hall–Kier alpha value is -3.78. The summed E-state index contributed by atoms with van der Waals surface area (Å²) in [4.78, 5) is 12.4. The monoisotopic (exact) mass is 357 g/mol. The van der Waals surface area contributed by atoms with Gasteiger partial charge in [0.15, 0.2) is 0 Å². The quantitative estimate of drug-likeness (QED) is 0.414. The maximum atomic E-state index is 12.4. The molecule has 2 aromatic carbocycles. The predicted molar refractivity (Wildman–Crippen MR) is 106 cm³/mol. The third kappa shape index (κ3) is 3.91. The Morgan fingerprint density at radius 2 is 1.78 bits per heavy atom. The normalized spacial score (nSPS) is 11.1. The van der Waals surface area contributed by atoms with Gasteiger partial charge in [0.05, 0.1) is 0 Å². The number of aromatic nitrogens is 1. The summed E-state index contributed by atoms with van der Waals surface area (Å²) in [7, 11) is 0. The molecule has 1 amide bonds. The fraction of sp³-hybridized carbons (Fsp3) is 0.0909. The van der Waals surface area contributed by atoms with Gasteiger partial charge in [0.1, 0.15) is 17.4 Å². The molecule has 134 valence electrons. The van der Waals surface area contributed by atoms with Crippen LogP contribution < -0.4 is 5.32 Å². The molecule has 2 N–H and O–H groups in total. The number of anilines is 1. The van der Waals surface area contributed by atoms with Gasteiger partial charge in [-0.1, -0.05) is 18.2 Å². The van der Waals surface area contributed by atoms with Crippen molar-refractivity contribution in [3.8, 4) is 17.5 Å². The summed E-state index contributed by atoms with van der Waals surface area (Å²) < 4.78 is 2.08. The first-order valence-corrected chi connectivity index (χ1v) is 8.46. The van der Waals surface area contributed by atoms with Crippen LogP contribution in [0.5, 0.6) is 5.75 Å². The number of hydrogen-bond donors (Lipinski definition) is 2. The van der Waals surface area contributed by atoms with Crippen LogP contribution in [-0.4, -0.2) is 15.6 Å². The summed E-state index contributed by atoms with van der Waals surface area (Å²) in [5.74, 6) is -0.384. The molecule has 0 unspecified atom stereocenters. The molecule has 0 aliphatic carbocycles. The number of para-hydroxylation sites is 1. The standard InChI is InChI=1S/C22H19N3O2/c1-15-12-17(16(2)25(15)20-6-4-3-5-7-20)13-18(14-23)22(27)24-19-8-10-21(26)11-9-19/h3-13,26H,1-2H3,(H,24,27)/b18-13+. The fourth-order valence-electron chi connectivity index (χ4n) is 2.96. The lowest BCUT2D eigenvalue weighted by Crippen LogP contribution is -2.13. The van der Waals surface area contributed by atoms with Gasteiger partial charge >= 0.3 is 0 Å². The number of carbonyl (C=O) groups is 1. The van der Waals surface area contributed by atoms with Crippen LogP contribution in [0.2, 0.25) is 0 Å². The van der Waals surface area contributed by atoms with E-state index < -0.39 is 5.91 Å². The highest BCUT2D eigenvalue weighted by molar-refractivity contribution is 6.09. The smallest absolute Gasteiger partial charge is 0.266 e. The van der Waals surface area contributed by atoms with Crippen molar-refractivity contribution >= 4 is 17.7 Å². The van der Waals surface area contributed by atoms with E-state index in [0.717, 1.165) is 22.6 Å². The van der Waals surface area contributed by atoms with E-state index in [-0.39, 0.29) is 11.3 Å². The minimum absolute atomic E-state index is 0.0105. The second kappa shape index (κ2) is 7.63. The molecule has 3 aromatic rings. The number of nitrogens with zero attached hydrogens (tertiary/aromatic N) is 2. The lowest BCUT2D eigenvalue weighted by Gasteiger charge is -2.09. The van der Waals surface area contributed by atoms with Crippen LogP contribution in [0.3, 0.4) is 0 Å². The molecule has 1 aromatic heterocycles. The van der Waals surface area contributed by atoms with Gasteiger partial charge in [-0.15, -0.1) is 0 Å². The molecule has 3 rings (SSSR count). The second-order valence-corrected chi connectivity index (χ2v) is 6.17. The third-order valence-corrected chi connectivity index (χ3v) is 4.27. The average Bonchev–Trinajstić information content (AvgIpc) is 2.95. The molecule has 5 heteroatoms. The zero-order valence-corrected chi connectivity index (χ0v) is 15.1. The van der Waals surface area contributed by atoms with E-state index in [1.165, 1.54) is 12.1 Å². The lowest BCUT2D eigenvalue weighted by molar-refractivity contribution is -0.112. The number of benzene rings is 2. The largest absolute Gasteiger partial charge is 0.508 e. The van der Waals surface area contributed by atoms with E-state index in [4.69, 9.17) is 0 Å². The molecular formula is C22H19N3O2. The third-order valence-electron chi connectivity index (χ3n) is 4.27. The van der Waals surface area contributed by atoms with Crippen LogP contribution in [0.15, 0.2) is 66.2 Å². The first-order chi connectivity index (χ1) is 13.0. The Kier molecular flexibility index (Phi) is 5.09. The van der Waals surface area contributed by atoms with Crippen molar-refractivity contribution in [1.82, 2.24) is 4.57 Å². The van der Waals surface area contributed by atoms with Crippen LogP contribution >= 0.6 is 0 Å². The van der Waals surface area contributed by atoms with Crippen molar-refractivity contribution < 1.29 is 9.90 Å². The highest BCUT2D eigenvalue weighted by Gasteiger charge is 2.14. The van der Waals surface area contributed by atoms with Gasteiger partial charge in [0.2, 0.25) is 0 Å². The van der Waals surface area contributed by atoms with E-state index in [0.29, 0.717) is 5.69 Å². The Balaban J connectivity index is 1.91. The number of amides is 1. The number of hydrogen-bond acceptors (Lipinski definition) is 3. The van der Waals surface area contributed by atoms with Crippen molar-refractivity contribution in [1.29, 1.82) is 5.26 Å². The van der Waals surface area contributed by atoms with Crippen LogP contribution in [0.4, 0.5) is 5.69 Å². The number of carbonyl (C=O) groups excluding carboxylic acids is 1. The van der Waals surface area contributed by atoms with Gasteiger partial charge in [-0.3, -0.25) is 4.79 Å². The molecular weight excluding hydrogens is 338 g/mol. The number of phenolic OH excluding ortho intramolecular Hbond substituents is 1. The number of nitrogens with one attached hydrogen (secondary N) is 1. The van der Waals surface area contributed by atoms with E-state index in [9.17, 15) is 15.2 Å². The number of rotatable bonds is 4. The van der Waals surface area contributed by atoms with Crippen molar-refractivity contribution in [3.05, 3.63) is 83.2 Å². The van der Waals surface area contributed by atoms with Gasteiger partial charge in [-0.2, -0.15) is 5.26 Å². The number of aryl methyl sites for hydroxylation is 1. The zero-order valence-electron chi connectivity index (χ0n) is 15.1. The molecule has 0 bridgehead atoms. The van der Waals surface area contributed by atoms with Crippen LogP contribution in [0.25, 0.3) is 11.8 Å². The Morgan fingerprint density at radius 1 is 1.11 bits per heavy atom. The number of aromatic hydroxyl groups is 1. The number of phenols is 1. The van der Waals surface area contributed by atoms with E-state index in [2.05, 4.69) is 9.88 Å². The zero-order chi connectivity index (χ0) is 19.4. The summed E-state index contributed by atoms with van der Waals surface area (Å²) in [6.07, 6.45) is 1.59. The SMILES string of the molecule is Cc1cc(/C=C(\C#N)C(=O)Nc2ccc(O)cc2)c(C)n1-c1ccccc1. The maximum Gasteiger partial charge on any atom is 0.266 e. The van der Waals surface area contributed by atoms with Crippen molar-refractivity contribution in [2.75, 3.05) is 5.32 Å². The summed E-state index contributed by atoms with van der Waals surface area (Å²) in [5.41, 5.74) is 4.32. The predicted octanol–water partition coefficient (Wildman–Crippen LogP) is 4.35. The molecule has 0 saturated carbocycles. The average molecular weight is 357 g/mol. The molecule has 0 fully saturated rings. The van der Waals surface area contributed by atoms with Gasteiger partial charge in [0.25, 0.3) is 5.91 Å². The Labute approximate surface area is 157 Å². The molecule has 27 heavy (non-hydrogen) atoms. The minimum Gasteiger partial charge on any atom is -0.508 e. The fourth-order valence-corrected chi connectivity index (χ4v) is 2.96. The highest BCUT2D eigenvalue weighted by Crippen LogP contribution is 2.23. The van der Waals surface area contributed by atoms with Crippen LogP contribution in [-0.2, 0) is 4.79 Å². The molecule has 0 saturated heterocycles. The van der Waals surface area contributed by atoms with E-state index >= 15 is 0 Å². The summed E-state index contributed by atoms with van der Waals surface area (Å²) in [6, 6.07) is 19.9. The minimum atomic E-state index is -0.493. The van der Waals surface area contributed by atoms with E-state index in [1.54, 1.807) is 18.2 Å². The lowest BCUT2D eigenvalue weighted by atomic mass is 10.1. The molecule has 0 atom stereocenters. The molecule has 0 aliphatic heterocycles. The number of nitriles is 1. The molecule has 0 spiro atoms. The van der Waals surface area contributed by atoms with Crippen molar-refractivity contribution in [3.63, 3.8) is 0 Å². The van der Waals surface area contributed by atoms with Crippen LogP contribution in [0, 0.1) is 25.2 Å². The van der Waals surface area contributed by atoms with Gasteiger partial charge in [-0.05, 0) is 68.0 Å².